The molecule has 1 fully saturated rings. The molecule has 0 aromatic heterocycles. The van der Waals surface area contributed by atoms with Gasteiger partial charge in [0.25, 0.3) is 0 Å². The van der Waals surface area contributed by atoms with Gasteiger partial charge in [-0.25, -0.2) is 0 Å². The van der Waals surface area contributed by atoms with E-state index in [-0.39, 0.29) is 43.4 Å². The second kappa shape index (κ2) is 10.6. The van der Waals surface area contributed by atoms with E-state index in [9.17, 15) is 14.4 Å². The predicted molar refractivity (Wildman–Crippen MR) is 116 cm³/mol. The standard InChI is InChI=1S/C22H32ClN3O3/c1-5-8-10-17(6-2)22(29)24(7-3)13-20(27)25-14-21(28)26(15-25)19-12-9-11-18(23)16(19)4/h9,11-12,17H,5-8,10,13-15H2,1-4H3/t17-/m1/s1. The Labute approximate surface area is 178 Å². The summed E-state index contributed by atoms with van der Waals surface area (Å²) in [4.78, 5) is 42.9. The summed E-state index contributed by atoms with van der Waals surface area (Å²) in [6.07, 6.45) is 3.67. The Morgan fingerprint density at radius 3 is 2.59 bits per heavy atom. The molecule has 0 bridgehead atoms. The van der Waals surface area contributed by atoms with Crippen molar-refractivity contribution >= 4 is 35.0 Å². The van der Waals surface area contributed by atoms with Crippen LogP contribution in [0.4, 0.5) is 5.69 Å². The number of likely N-dealkylation sites (N-methyl/N-ethyl adjacent to an activating group) is 1. The fourth-order valence-corrected chi connectivity index (χ4v) is 3.80. The minimum absolute atomic E-state index is 0.00755. The van der Waals surface area contributed by atoms with E-state index in [1.54, 1.807) is 21.9 Å². The normalized spacial score (nSPS) is 15.0. The van der Waals surface area contributed by atoms with Crippen molar-refractivity contribution in [1.29, 1.82) is 0 Å². The number of benzene rings is 1. The zero-order valence-corrected chi connectivity index (χ0v) is 18.7. The van der Waals surface area contributed by atoms with Crippen LogP contribution in [0, 0.1) is 12.8 Å². The van der Waals surface area contributed by atoms with Gasteiger partial charge in [0.1, 0.15) is 13.2 Å². The van der Waals surface area contributed by atoms with E-state index in [0.29, 0.717) is 17.3 Å². The quantitative estimate of drug-likeness (QED) is 0.608. The molecule has 0 saturated carbocycles. The van der Waals surface area contributed by atoms with E-state index in [1.807, 2.05) is 26.8 Å². The van der Waals surface area contributed by atoms with E-state index >= 15 is 0 Å². The van der Waals surface area contributed by atoms with Crippen LogP contribution in [-0.2, 0) is 14.4 Å². The number of halogens is 1. The van der Waals surface area contributed by atoms with Crippen LogP contribution < -0.4 is 4.90 Å². The van der Waals surface area contributed by atoms with Gasteiger partial charge in [0.2, 0.25) is 17.7 Å². The van der Waals surface area contributed by atoms with Gasteiger partial charge >= 0.3 is 0 Å². The van der Waals surface area contributed by atoms with Crippen molar-refractivity contribution in [3.8, 4) is 0 Å². The summed E-state index contributed by atoms with van der Waals surface area (Å²) in [5.74, 6) is -0.369. The molecule has 1 aliphatic rings. The molecule has 2 rings (SSSR count). The van der Waals surface area contributed by atoms with E-state index < -0.39 is 0 Å². The van der Waals surface area contributed by atoms with Crippen LogP contribution in [-0.4, -0.2) is 53.8 Å². The first-order chi connectivity index (χ1) is 13.8. The highest BCUT2D eigenvalue weighted by Crippen LogP contribution is 2.28. The van der Waals surface area contributed by atoms with Gasteiger partial charge in [0, 0.05) is 23.2 Å². The molecule has 6 nitrogen and oxygen atoms in total. The van der Waals surface area contributed by atoms with Gasteiger partial charge in [-0.05, 0) is 44.4 Å². The first-order valence-electron chi connectivity index (χ1n) is 10.5. The molecule has 3 amide bonds. The SMILES string of the molecule is CCCC[C@@H](CC)C(=O)N(CC)CC(=O)N1CC(=O)N(c2cccc(Cl)c2C)C1. The molecule has 1 aromatic carbocycles. The van der Waals surface area contributed by atoms with Gasteiger partial charge < -0.3 is 9.80 Å². The van der Waals surface area contributed by atoms with Crippen molar-refractivity contribution in [2.75, 3.05) is 31.2 Å². The van der Waals surface area contributed by atoms with Crippen LogP contribution in [0.15, 0.2) is 18.2 Å². The fraction of sp³-hybridized carbons (Fsp3) is 0.591. The number of unbranched alkanes of at least 4 members (excludes halogenated alkanes) is 1. The molecule has 1 aliphatic heterocycles. The Morgan fingerprint density at radius 1 is 1.24 bits per heavy atom. The first kappa shape index (κ1) is 23.2. The van der Waals surface area contributed by atoms with Gasteiger partial charge in [-0.1, -0.05) is 44.4 Å². The molecular formula is C22H32ClN3O3. The zero-order chi connectivity index (χ0) is 21.6. The van der Waals surface area contributed by atoms with E-state index in [1.165, 1.54) is 4.90 Å². The lowest BCUT2D eigenvalue weighted by Gasteiger charge is -2.27. The summed E-state index contributed by atoms with van der Waals surface area (Å²) in [5, 5.41) is 0.584. The van der Waals surface area contributed by atoms with Gasteiger partial charge in [0.15, 0.2) is 0 Å². The van der Waals surface area contributed by atoms with E-state index in [2.05, 4.69) is 6.92 Å². The molecule has 0 aliphatic carbocycles. The van der Waals surface area contributed by atoms with Crippen molar-refractivity contribution in [2.45, 2.75) is 53.4 Å². The van der Waals surface area contributed by atoms with Crippen LogP contribution in [0.3, 0.4) is 0 Å². The summed E-state index contributed by atoms with van der Waals surface area (Å²) in [6.45, 7) is 8.54. The van der Waals surface area contributed by atoms with Crippen LogP contribution in [0.25, 0.3) is 0 Å². The second-order valence-corrected chi connectivity index (χ2v) is 7.95. The number of amides is 3. The minimum atomic E-state index is -0.207. The molecule has 0 spiro atoms. The van der Waals surface area contributed by atoms with Crippen molar-refractivity contribution in [3.05, 3.63) is 28.8 Å². The third-order valence-corrected chi connectivity index (χ3v) is 6.00. The Balaban J connectivity index is 2.05. The van der Waals surface area contributed by atoms with Crippen LogP contribution in [0.1, 0.15) is 52.0 Å². The number of hydrogen-bond donors (Lipinski definition) is 0. The first-order valence-corrected chi connectivity index (χ1v) is 10.8. The summed E-state index contributed by atoms with van der Waals surface area (Å²) < 4.78 is 0. The van der Waals surface area contributed by atoms with Crippen molar-refractivity contribution in [1.82, 2.24) is 9.80 Å². The highest BCUT2D eigenvalue weighted by Gasteiger charge is 2.34. The molecule has 0 unspecified atom stereocenters. The van der Waals surface area contributed by atoms with Gasteiger partial charge in [-0.15, -0.1) is 0 Å². The highest BCUT2D eigenvalue weighted by molar-refractivity contribution is 6.31. The minimum Gasteiger partial charge on any atom is -0.333 e. The molecule has 29 heavy (non-hydrogen) atoms. The smallest absolute Gasteiger partial charge is 0.248 e. The Morgan fingerprint density at radius 2 is 1.97 bits per heavy atom. The lowest BCUT2D eigenvalue weighted by Crippen LogP contribution is -2.44. The second-order valence-electron chi connectivity index (χ2n) is 7.54. The lowest BCUT2D eigenvalue weighted by molar-refractivity contribution is -0.142. The van der Waals surface area contributed by atoms with Crippen LogP contribution in [0.5, 0.6) is 0 Å². The Kier molecular flexibility index (Phi) is 8.50. The predicted octanol–water partition coefficient (Wildman–Crippen LogP) is 3.85. The highest BCUT2D eigenvalue weighted by atomic mass is 35.5. The molecule has 1 aromatic rings. The third-order valence-electron chi connectivity index (χ3n) is 5.59. The number of rotatable bonds is 9. The number of carbonyl (C=O) groups is 3. The summed E-state index contributed by atoms with van der Waals surface area (Å²) >= 11 is 6.18. The number of nitrogens with zero attached hydrogens (tertiary/aromatic N) is 3. The Bertz CT molecular complexity index is 753. The van der Waals surface area contributed by atoms with Crippen molar-refractivity contribution in [2.24, 2.45) is 5.92 Å². The molecule has 0 radical (unpaired) electrons. The van der Waals surface area contributed by atoms with Gasteiger partial charge in [0.05, 0.1) is 6.54 Å². The molecular weight excluding hydrogens is 390 g/mol. The Hall–Kier alpha value is -2.08. The number of carbonyl (C=O) groups excluding carboxylic acids is 3. The van der Waals surface area contributed by atoms with E-state index in [4.69, 9.17) is 11.6 Å². The molecule has 1 atom stereocenters. The molecule has 0 N–H and O–H groups in total. The molecule has 7 heteroatoms. The van der Waals surface area contributed by atoms with E-state index in [0.717, 1.165) is 31.2 Å². The largest absolute Gasteiger partial charge is 0.333 e. The topological polar surface area (TPSA) is 60.9 Å². The molecule has 1 saturated heterocycles. The number of hydrogen-bond acceptors (Lipinski definition) is 3. The van der Waals surface area contributed by atoms with Crippen LogP contribution in [0.2, 0.25) is 5.02 Å². The molecule has 160 valence electrons. The zero-order valence-electron chi connectivity index (χ0n) is 17.9. The maximum absolute atomic E-state index is 12.9. The average molecular weight is 422 g/mol. The van der Waals surface area contributed by atoms with Crippen LogP contribution >= 0.6 is 11.6 Å². The average Bonchev–Trinajstić information content (AvgIpc) is 3.10. The van der Waals surface area contributed by atoms with Crippen molar-refractivity contribution in [3.63, 3.8) is 0 Å². The maximum Gasteiger partial charge on any atom is 0.248 e. The van der Waals surface area contributed by atoms with Gasteiger partial charge in [-0.3, -0.25) is 19.3 Å². The number of anilines is 1. The fourth-order valence-electron chi connectivity index (χ4n) is 3.63. The maximum atomic E-state index is 12.9. The van der Waals surface area contributed by atoms with Crippen molar-refractivity contribution < 1.29 is 14.4 Å². The monoisotopic (exact) mass is 421 g/mol. The summed E-state index contributed by atoms with van der Waals surface area (Å²) in [5.41, 5.74) is 1.52. The lowest BCUT2D eigenvalue weighted by atomic mass is 9.97. The van der Waals surface area contributed by atoms with Gasteiger partial charge in [-0.2, -0.15) is 0 Å². The summed E-state index contributed by atoms with van der Waals surface area (Å²) in [6, 6.07) is 5.40. The summed E-state index contributed by atoms with van der Waals surface area (Å²) in [7, 11) is 0. The third kappa shape index (κ3) is 5.50. The molecule has 1 heterocycles.